The number of aromatic hydroxyl groups is 1. The summed E-state index contributed by atoms with van der Waals surface area (Å²) in [4.78, 5) is 13.3. The maximum atomic E-state index is 13.3. The molecule has 0 aliphatic carbocycles. The van der Waals surface area contributed by atoms with Gasteiger partial charge in [-0.05, 0) is 40.7 Å². The first-order chi connectivity index (χ1) is 14.1. The third kappa shape index (κ3) is 6.77. The van der Waals surface area contributed by atoms with Gasteiger partial charge in [-0.1, -0.05) is 67.5 Å². The van der Waals surface area contributed by atoms with Gasteiger partial charge in [-0.15, -0.1) is 0 Å². The lowest BCUT2D eigenvalue weighted by molar-refractivity contribution is 0.0973. The molecule has 0 aliphatic rings. The van der Waals surface area contributed by atoms with Crippen molar-refractivity contribution in [2.45, 2.75) is 83.1 Å². The van der Waals surface area contributed by atoms with Gasteiger partial charge in [0.25, 0.3) is 0 Å². The van der Waals surface area contributed by atoms with Gasteiger partial charge >= 0.3 is 0 Å². The van der Waals surface area contributed by atoms with E-state index < -0.39 is 0 Å². The summed E-state index contributed by atoms with van der Waals surface area (Å²) in [5.74, 6) is 2.10. The summed E-state index contributed by atoms with van der Waals surface area (Å²) in [6.07, 6.45) is 0.436. The number of Topliss-reactive ketones (excluding diaryl/α,β-unsaturated/α-hetero) is 1. The van der Waals surface area contributed by atoms with Crippen molar-refractivity contribution >= 4 is 17.5 Å². The molecule has 0 heterocycles. The van der Waals surface area contributed by atoms with Crippen LogP contribution in [0.2, 0.25) is 0 Å². The lowest BCUT2D eigenvalue weighted by Gasteiger charge is -2.29. The van der Waals surface area contributed by atoms with Crippen LogP contribution in [0.5, 0.6) is 11.5 Å². The van der Waals surface area contributed by atoms with Crippen molar-refractivity contribution in [2.75, 3.05) is 7.11 Å². The van der Waals surface area contributed by atoms with E-state index in [0.717, 1.165) is 22.6 Å². The highest BCUT2D eigenvalue weighted by molar-refractivity contribution is 7.99. The minimum atomic E-state index is -0.251. The molecule has 2 aromatic rings. The molecule has 31 heavy (non-hydrogen) atoms. The second kappa shape index (κ2) is 9.28. The van der Waals surface area contributed by atoms with Gasteiger partial charge in [-0.25, -0.2) is 0 Å². The maximum absolute atomic E-state index is 13.3. The minimum absolute atomic E-state index is 0.114. The molecule has 0 unspecified atom stereocenters. The molecule has 0 aliphatic heterocycles. The molecule has 0 fully saturated rings. The van der Waals surface area contributed by atoms with E-state index in [4.69, 9.17) is 4.74 Å². The zero-order chi connectivity index (χ0) is 23.6. The van der Waals surface area contributed by atoms with Crippen LogP contribution in [0.3, 0.4) is 0 Å². The van der Waals surface area contributed by atoms with Crippen molar-refractivity contribution in [3.8, 4) is 11.5 Å². The summed E-state index contributed by atoms with van der Waals surface area (Å²) in [6.45, 7) is 16.6. The monoisotopic (exact) mass is 442 g/mol. The second-order valence-electron chi connectivity index (χ2n) is 10.9. The normalized spacial score (nSPS) is 12.7. The Balaban J connectivity index is 2.24. The van der Waals surface area contributed by atoms with Crippen LogP contribution in [-0.4, -0.2) is 22.7 Å². The van der Waals surface area contributed by atoms with Gasteiger partial charge in [0.05, 0.1) is 7.11 Å². The lowest BCUT2D eigenvalue weighted by atomic mass is 9.77. The molecule has 3 nitrogen and oxygen atoms in total. The molecule has 2 rings (SSSR count). The zero-order valence-electron chi connectivity index (χ0n) is 20.6. The average Bonchev–Trinajstić information content (AvgIpc) is 2.64. The number of carbonyl (C=O) groups is 1. The zero-order valence-corrected chi connectivity index (χ0v) is 21.4. The number of carbonyl (C=O) groups excluding carboxylic acids is 1. The molecular formula is C27H38O3S. The highest BCUT2D eigenvalue weighted by Crippen LogP contribution is 2.41. The van der Waals surface area contributed by atoms with Crippen LogP contribution < -0.4 is 4.74 Å². The fraction of sp³-hybridized carbons (Fsp3) is 0.519. The van der Waals surface area contributed by atoms with Gasteiger partial charge in [0.2, 0.25) is 0 Å². The van der Waals surface area contributed by atoms with Gasteiger partial charge in [-0.2, -0.15) is 11.8 Å². The molecule has 0 atom stereocenters. The first kappa shape index (κ1) is 25.3. The van der Waals surface area contributed by atoms with Crippen molar-refractivity contribution in [3.63, 3.8) is 0 Å². The third-order valence-corrected chi connectivity index (χ3v) is 6.83. The van der Waals surface area contributed by atoms with Gasteiger partial charge < -0.3 is 9.84 Å². The summed E-state index contributed by atoms with van der Waals surface area (Å²) in [5, 5.41) is 10.9. The molecule has 4 heteroatoms. The quantitative estimate of drug-likeness (QED) is 0.458. The molecule has 0 radical (unpaired) electrons. The number of phenolic OH excluding ortho intramolecular Hbond substituents is 1. The fourth-order valence-electron chi connectivity index (χ4n) is 3.48. The van der Waals surface area contributed by atoms with Crippen LogP contribution in [0.4, 0.5) is 0 Å². The fourth-order valence-corrected chi connectivity index (χ4v) is 4.46. The van der Waals surface area contributed by atoms with Gasteiger partial charge in [-0.3, -0.25) is 4.79 Å². The van der Waals surface area contributed by atoms with E-state index in [2.05, 4.69) is 67.5 Å². The molecule has 0 aromatic heterocycles. The van der Waals surface area contributed by atoms with Crippen LogP contribution in [0.25, 0.3) is 0 Å². The Labute approximate surface area is 192 Å². The van der Waals surface area contributed by atoms with Crippen LogP contribution in [0.15, 0.2) is 36.4 Å². The lowest BCUT2D eigenvalue weighted by Crippen LogP contribution is -2.23. The van der Waals surface area contributed by atoms with E-state index in [9.17, 15) is 9.90 Å². The van der Waals surface area contributed by atoms with E-state index in [1.54, 1.807) is 18.9 Å². The predicted octanol–water partition coefficient (Wildman–Crippen LogP) is 7.28. The summed E-state index contributed by atoms with van der Waals surface area (Å²) in [6, 6.07) is 11.8. The van der Waals surface area contributed by atoms with E-state index in [1.165, 1.54) is 5.56 Å². The smallest absolute Gasteiger partial charge is 0.164 e. The van der Waals surface area contributed by atoms with E-state index in [0.29, 0.717) is 17.7 Å². The Kier molecular flexibility index (Phi) is 7.58. The number of thioether (sulfide) groups is 1. The van der Waals surface area contributed by atoms with Crippen LogP contribution in [0, 0.1) is 0 Å². The standard InChI is InChI=1S/C27H38O3S/c1-25(2,3)21-14-19(15-22(24(21)29)26(4,5)6)23(28)16-27(7,8)31-17-18-10-12-20(30-9)13-11-18/h10-15,29H,16-17H2,1-9H3. The Hall–Kier alpha value is -1.94. The largest absolute Gasteiger partial charge is 0.507 e. The van der Waals surface area contributed by atoms with Gasteiger partial charge in [0.15, 0.2) is 5.78 Å². The molecule has 0 bridgehead atoms. The topological polar surface area (TPSA) is 46.5 Å². The Morgan fingerprint density at radius 1 is 0.903 bits per heavy atom. The molecule has 0 saturated heterocycles. The number of hydrogen-bond acceptors (Lipinski definition) is 4. The Morgan fingerprint density at radius 3 is 1.81 bits per heavy atom. The summed E-state index contributed by atoms with van der Waals surface area (Å²) in [7, 11) is 1.66. The van der Waals surface area contributed by atoms with Crippen LogP contribution >= 0.6 is 11.8 Å². The third-order valence-electron chi connectivity index (χ3n) is 5.42. The van der Waals surface area contributed by atoms with E-state index >= 15 is 0 Å². The van der Waals surface area contributed by atoms with Crippen molar-refractivity contribution in [2.24, 2.45) is 0 Å². The summed E-state index contributed by atoms with van der Waals surface area (Å²) < 4.78 is 5.01. The first-order valence-electron chi connectivity index (χ1n) is 10.8. The number of rotatable bonds is 7. The van der Waals surface area contributed by atoms with Crippen molar-refractivity contribution < 1.29 is 14.6 Å². The molecule has 2 aromatic carbocycles. The molecule has 170 valence electrons. The van der Waals surface area contributed by atoms with E-state index in [1.807, 2.05) is 24.3 Å². The first-order valence-corrected chi connectivity index (χ1v) is 11.8. The Morgan fingerprint density at radius 2 is 1.39 bits per heavy atom. The molecule has 1 N–H and O–H groups in total. The predicted molar refractivity (Wildman–Crippen MR) is 133 cm³/mol. The average molecular weight is 443 g/mol. The molecule has 0 spiro atoms. The minimum Gasteiger partial charge on any atom is -0.507 e. The summed E-state index contributed by atoms with van der Waals surface area (Å²) in [5.41, 5.74) is 3.04. The van der Waals surface area contributed by atoms with Crippen molar-refractivity contribution in [1.82, 2.24) is 0 Å². The maximum Gasteiger partial charge on any atom is 0.164 e. The molecule has 0 amide bonds. The number of ketones is 1. The second-order valence-corrected chi connectivity index (χ2v) is 12.6. The number of methoxy groups -OCH3 is 1. The summed E-state index contributed by atoms with van der Waals surface area (Å²) >= 11 is 1.78. The number of hydrogen-bond donors (Lipinski definition) is 1. The number of ether oxygens (including phenoxy) is 1. The Bertz CT molecular complexity index is 878. The number of phenols is 1. The highest BCUT2D eigenvalue weighted by Gasteiger charge is 2.29. The van der Waals surface area contributed by atoms with Crippen molar-refractivity contribution in [1.29, 1.82) is 0 Å². The van der Waals surface area contributed by atoms with Gasteiger partial charge in [0, 0.05) is 33.6 Å². The van der Waals surface area contributed by atoms with Crippen LogP contribution in [-0.2, 0) is 16.6 Å². The SMILES string of the molecule is COc1ccc(CSC(C)(C)CC(=O)c2cc(C(C)(C)C)c(O)c(C(C)(C)C)c2)cc1. The number of benzene rings is 2. The highest BCUT2D eigenvalue weighted by atomic mass is 32.2. The molecular weight excluding hydrogens is 404 g/mol. The van der Waals surface area contributed by atoms with Crippen LogP contribution in [0.1, 0.15) is 88.9 Å². The molecule has 0 saturated carbocycles. The van der Waals surface area contributed by atoms with E-state index in [-0.39, 0.29) is 21.4 Å². The van der Waals surface area contributed by atoms with Crippen molar-refractivity contribution in [3.05, 3.63) is 58.7 Å². The van der Waals surface area contributed by atoms with Gasteiger partial charge in [0.1, 0.15) is 11.5 Å².